The first-order valence-corrected chi connectivity index (χ1v) is 11.5. The number of aliphatic imine (C=N–C) groups is 1. The molecule has 0 saturated carbocycles. The first kappa shape index (κ1) is 26.5. The van der Waals surface area contributed by atoms with Crippen LogP contribution in [-0.4, -0.2) is 67.6 Å². The molecule has 0 bridgehead atoms. The van der Waals surface area contributed by atoms with E-state index in [1.807, 2.05) is 11.8 Å². The van der Waals surface area contributed by atoms with E-state index in [0.29, 0.717) is 17.4 Å². The summed E-state index contributed by atoms with van der Waals surface area (Å²) in [7, 11) is 0. The summed E-state index contributed by atoms with van der Waals surface area (Å²) in [5.74, 6) is 0.949. The van der Waals surface area contributed by atoms with Gasteiger partial charge in [-0.3, -0.25) is 4.99 Å². The van der Waals surface area contributed by atoms with Crippen molar-refractivity contribution in [2.45, 2.75) is 62.8 Å². The van der Waals surface area contributed by atoms with E-state index in [2.05, 4.69) is 73.6 Å². The summed E-state index contributed by atoms with van der Waals surface area (Å²) in [6.07, 6.45) is 2.63. The van der Waals surface area contributed by atoms with Crippen LogP contribution in [0.5, 0.6) is 0 Å². The smallest absolute Gasteiger partial charge is 0.191 e. The highest BCUT2D eigenvalue weighted by Crippen LogP contribution is 2.22. The van der Waals surface area contributed by atoms with Gasteiger partial charge in [0, 0.05) is 42.4 Å². The summed E-state index contributed by atoms with van der Waals surface area (Å²) >= 11 is 1.88. The van der Waals surface area contributed by atoms with Crippen molar-refractivity contribution in [1.29, 1.82) is 0 Å². The Kier molecular flexibility index (Phi) is 14.0. The van der Waals surface area contributed by atoms with Crippen molar-refractivity contribution in [3.05, 3.63) is 30.3 Å². The quantitative estimate of drug-likeness (QED) is 0.204. The minimum absolute atomic E-state index is 0. The predicted octanol–water partition coefficient (Wildman–Crippen LogP) is 4.23. The Balaban J connectivity index is 0.00000420. The lowest BCUT2D eigenvalue weighted by Gasteiger charge is -2.33. The molecular formula is C22H39IN4OS. The minimum atomic E-state index is 0. The minimum Gasteiger partial charge on any atom is -0.377 e. The lowest BCUT2D eigenvalue weighted by Crippen LogP contribution is -2.49. The second-order valence-electron chi connectivity index (χ2n) is 7.64. The highest BCUT2D eigenvalue weighted by molar-refractivity contribution is 14.0. The molecule has 1 fully saturated rings. The van der Waals surface area contributed by atoms with Crippen LogP contribution in [0.2, 0.25) is 0 Å². The van der Waals surface area contributed by atoms with E-state index >= 15 is 0 Å². The third-order valence-corrected chi connectivity index (χ3v) is 5.81. The van der Waals surface area contributed by atoms with E-state index in [-0.39, 0.29) is 24.0 Å². The van der Waals surface area contributed by atoms with Gasteiger partial charge in [-0.15, -0.1) is 35.7 Å². The number of likely N-dealkylation sites (tertiary alicyclic amines) is 1. The largest absolute Gasteiger partial charge is 0.377 e. The van der Waals surface area contributed by atoms with Gasteiger partial charge < -0.3 is 20.3 Å². The van der Waals surface area contributed by atoms with E-state index < -0.39 is 0 Å². The Bertz CT molecular complexity index is 565. The van der Waals surface area contributed by atoms with Gasteiger partial charge in [0.25, 0.3) is 0 Å². The summed E-state index contributed by atoms with van der Waals surface area (Å²) in [5.41, 5.74) is 0. The molecule has 0 aliphatic carbocycles. The molecule has 1 saturated heterocycles. The maximum atomic E-state index is 5.68. The Morgan fingerprint density at radius 1 is 1.21 bits per heavy atom. The van der Waals surface area contributed by atoms with Gasteiger partial charge in [-0.1, -0.05) is 25.1 Å². The summed E-state index contributed by atoms with van der Waals surface area (Å²) in [4.78, 5) is 8.64. The number of nitrogens with one attached hydrogen (secondary N) is 2. The number of hydrogen-bond acceptors (Lipinski definition) is 4. The number of hydrogen-bond donors (Lipinski definition) is 2. The molecule has 5 nitrogen and oxygen atoms in total. The lowest BCUT2D eigenvalue weighted by molar-refractivity contribution is 0.0532. The van der Waals surface area contributed by atoms with Gasteiger partial charge in [-0.25, -0.2) is 0 Å². The van der Waals surface area contributed by atoms with Crippen molar-refractivity contribution < 1.29 is 4.74 Å². The molecule has 1 atom stereocenters. The van der Waals surface area contributed by atoms with Gasteiger partial charge in [-0.05, 0) is 45.7 Å². The van der Waals surface area contributed by atoms with Crippen molar-refractivity contribution in [3.8, 4) is 0 Å². The molecule has 1 aliphatic rings. The zero-order valence-electron chi connectivity index (χ0n) is 18.4. The molecule has 7 heteroatoms. The van der Waals surface area contributed by atoms with Crippen LogP contribution in [0, 0.1) is 0 Å². The molecule has 29 heavy (non-hydrogen) atoms. The summed E-state index contributed by atoms with van der Waals surface area (Å²) in [6, 6.07) is 11.1. The van der Waals surface area contributed by atoms with E-state index in [1.165, 1.54) is 4.90 Å². The maximum Gasteiger partial charge on any atom is 0.191 e. The number of benzene rings is 1. The van der Waals surface area contributed by atoms with Crippen molar-refractivity contribution >= 4 is 41.7 Å². The molecule has 0 amide bonds. The molecule has 2 N–H and O–H groups in total. The summed E-state index contributed by atoms with van der Waals surface area (Å²) in [6.45, 7) is 14.4. The Morgan fingerprint density at radius 3 is 2.52 bits per heavy atom. The highest BCUT2D eigenvalue weighted by Gasteiger charge is 2.20. The van der Waals surface area contributed by atoms with Crippen LogP contribution >= 0.6 is 35.7 Å². The number of halogens is 1. The average molecular weight is 535 g/mol. The number of thioether (sulfide) groups is 1. The zero-order valence-corrected chi connectivity index (χ0v) is 21.5. The SMILES string of the molecule is CCNC(=NCC(C)Sc1ccccc1)NC1CCN(CCOC(C)C)CC1.I. The fourth-order valence-corrected chi connectivity index (χ4v) is 4.15. The Morgan fingerprint density at radius 2 is 1.90 bits per heavy atom. The standard InChI is InChI=1S/C22H38N4OS.HI/c1-5-23-22(24-17-19(4)28-21-9-7-6-8-10-21)25-20-11-13-26(14-12-20)15-16-27-18(2)3;/h6-10,18-20H,5,11-17H2,1-4H3,(H2,23,24,25);1H. The first-order valence-electron chi connectivity index (χ1n) is 10.7. The molecule has 0 aromatic heterocycles. The number of guanidine groups is 1. The summed E-state index contributed by atoms with van der Waals surface area (Å²) in [5, 5.41) is 7.49. The third kappa shape index (κ3) is 11.5. The number of rotatable bonds is 10. The fourth-order valence-electron chi connectivity index (χ4n) is 3.22. The topological polar surface area (TPSA) is 48.9 Å². The maximum absolute atomic E-state index is 5.68. The van der Waals surface area contributed by atoms with Gasteiger partial charge in [0.05, 0.1) is 19.3 Å². The molecule has 1 unspecified atom stereocenters. The molecule has 1 aromatic rings. The van der Waals surface area contributed by atoms with Crippen LogP contribution in [0.1, 0.15) is 40.5 Å². The molecule has 2 rings (SSSR count). The van der Waals surface area contributed by atoms with Gasteiger partial charge in [0.15, 0.2) is 5.96 Å². The van der Waals surface area contributed by atoms with Crippen LogP contribution in [-0.2, 0) is 4.74 Å². The van der Waals surface area contributed by atoms with Crippen LogP contribution in [0.3, 0.4) is 0 Å². The lowest BCUT2D eigenvalue weighted by atomic mass is 10.1. The second kappa shape index (κ2) is 15.3. The zero-order chi connectivity index (χ0) is 20.2. The monoisotopic (exact) mass is 534 g/mol. The number of nitrogens with zero attached hydrogens (tertiary/aromatic N) is 2. The van der Waals surface area contributed by atoms with Crippen molar-refractivity contribution in [1.82, 2.24) is 15.5 Å². The first-order chi connectivity index (χ1) is 13.6. The molecule has 166 valence electrons. The van der Waals surface area contributed by atoms with Crippen LogP contribution in [0.25, 0.3) is 0 Å². The van der Waals surface area contributed by atoms with Crippen LogP contribution in [0.4, 0.5) is 0 Å². The third-order valence-electron chi connectivity index (χ3n) is 4.72. The van der Waals surface area contributed by atoms with Gasteiger partial charge >= 0.3 is 0 Å². The van der Waals surface area contributed by atoms with Crippen molar-refractivity contribution in [2.75, 3.05) is 39.3 Å². The Hall–Kier alpha value is -0.510. The van der Waals surface area contributed by atoms with E-state index in [0.717, 1.165) is 58.1 Å². The molecule has 0 spiro atoms. The second-order valence-corrected chi connectivity index (χ2v) is 9.15. The molecule has 1 aromatic carbocycles. The van der Waals surface area contributed by atoms with E-state index in [1.54, 1.807) is 0 Å². The highest BCUT2D eigenvalue weighted by atomic mass is 127. The predicted molar refractivity (Wildman–Crippen MR) is 137 cm³/mol. The van der Waals surface area contributed by atoms with Crippen molar-refractivity contribution in [3.63, 3.8) is 0 Å². The van der Waals surface area contributed by atoms with Crippen LogP contribution in [0.15, 0.2) is 40.2 Å². The van der Waals surface area contributed by atoms with E-state index in [9.17, 15) is 0 Å². The molecule has 1 heterocycles. The van der Waals surface area contributed by atoms with E-state index in [4.69, 9.17) is 9.73 Å². The number of piperidine rings is 1. The molecule has 0 radical (unpaired) electrons. The van der Waals surface area contributed by atoms with Gasteiger partial charge in [0.2, 0.25) is 0 Å². The molecule has 1 aliphatic heterocycles. The molecular weight excluding hydrogens is 495 g/mol. The summed E-state index contributed by atoms with van der Waals surface area (Å²) < 4.78 is 5.68. The average Bonchev–Trinajstić information content (AvgIpc) is 2.68. The van der Waals surface area contributed by atoms with Gasteiger partial charge in [0.1, 0.15) is 0 Å². The van der Waals surface area contributed by atoms with Gasteiger partial charge in [-0.2, -0.15) is 0 Å². The normalized spacial score (nSPS) is 17.1. The van der Waals surface area contributed by atoms with Crippen molar-refractivity contribution in [2.24, 2.45) is 4.99 Å². The Labute approximate surface area is 198 Å². The fraction of sp³-hybridized carbons (Fsp3) is 0.682. The van der Waals surface area contributed by atoms with Crippen LogP contribution < -0.4 is 10.6 Å². The number of ether oxygens (including phenoxy) is 1.